The molecule has 1 saturated heterocycles. The highest BCUT2D eigenvalue weighted by Gasteiger charge is 2.36. The first-order valence-corrected chi connectivity index (χ1v) is 5.84. The van der Waals surface area contributed by atoms with Crippen LogP contribution >= 0.6 is 0 Å². The van der Waals surface area contributed by atoms with Gasteiger partial charge in [0.2, 0.25) is 0 Å². The van der Waals surface area contributed by atoms with E-state index in [1.165, 1.54) is 0 Å². The molecule has 5 nitrogen and oxygen atoms in total. The van der Waals surface area contributed by atoms with Gasteiger partial charge in [-0.1, -0.05) is 0 Å². The first kappa shape index (κ1) is 11.7. The molecule has 1 heterocycles. The zero-order chi connectivity index (χ0) is 11.8. The third-order valence-electron chi connectivity index (χ3n) is 2.88. The Morgan fingerprint density at radius 2 is 2.25 bits per heavy atom. The molecule has 2 rings (SSSR count). The normalized spacial score (nSPS) is 28.9. The molecule has 1 unspecified atom stereocenters. The molecule has 1 atom stereocenters. The predicted octanol–water partition coefficient (Wildman–Crippen LogP) is 0.330. The molecule has 0 radical (unpaired) electrons. The lowest BCUT2D eigenvalue weighted by atomic mass is 10.1. The molecule has 92 valence electrons. The predicted molar refractivity (Wildman–Crippen MR) is 59.2 cm³/mol. The van der Waals surface area contributed by atoms with Gasteiger partial charge in [-0.15, -0.1) is 0 Å². The molecule has 0 bridgehead atoms. The fourth-order valence-corrected chi connectivity index (χ4v) is 2.04. The van der Waals surface area contributed by atoms with Crippen LogP contribution in [0, 0.1) is 0 Å². The van der Waals surface area contributed by atoms with E-state index in [0.717, 1.165) is 12.8 Å². The number of hydrogen-bond acceptors (Lipinski definition) is 3. The van der Waals surface area contributed by atoms with Crippen LogP contribution in [0.15, 0.2) is 0 Å². The van der Waals surface area contributed by atoms with Crippen LogP contribution in [0.25, 0.3) is 0 Å². The molecule has 1 aliphatic heterocycles. The van der Waals surface area contributed by atoms with Crippen LogP contribution < -0.4 is 5.32 Å². The summed E-state index contributed by atoms with van der Waals surface area (Å²) in [7, 11) is 0. The molecule has 2 fully saturated rings. The average Bonchev–Trinajstić information content (AvgIpc) is 2.99. The molecule has 0 aromatic rings. The van der Waals surface area contributed by atoms with E-state index in [0.29, 0.717) is 19.1 Å². The molecular weight excluding hydrogens is 208 g/mol. The molecule has 2 aliphatic rings. The highest BCUT2D eigenvalue weighted by molar-refractivity contribution is 5.75. The van der Waals surface area contributed by atoms with Crippen molar-refractivity contribution in [3.05, 3.63) is 0 Å². The van der Waals surface area contributed by atoms with E-state index in [-0.39, 0.29) is 24.3 Å². The van der Waals surface area contributed by atoms with Gasteiger partial charge >= 0.3 is 6.03 Å². The van der Waals surface area contributed by atoms with Crippen molar-refractivity contribution in [2.24, 2.45) is 0 Å². The quantitative estimate of drug-likeness (QED) is 0.716. The Balaban J connectivity index is 1.94. The second kappa shape index (κ2) is 4.22. The van der Waals surface area contributed by atoms with Crippen molar-refractivity contribution in [2.75, 3.05) is 19.7 Å². The van der Waals surface area contributed by atoms with Crippen molar-refractivity contribution in [3.8, 4) is 0 Å². The number of carbonyl (C=O) groups is 1. The molecule has 0 aromatic carbocycles. The maximum atomic E-state index is 11.9. The molecular formula is C11H20N2O3. The van der Waals surface area contributed by atoms with Crippen molar-refractivity contribution >= 4 is 6.03 Å². The number of aliphatic hydroxyl groups excluding tert-OH is 1. The van der Waals surface area contributed by atoms with Crippen LogP contribution in [-0.2, 0) is 4.74 Å². The largest absolute Gasteiger partial charge is 0.394 e. The first-order chi connectivity index (χ1) is 7.50. The molecule has 2 N–H and O–H groups in total. The number of nitrogens with one attached hydrogen (secondary N) is 1. The second-order valence-electron chi connectivity index (χ2n) is 5.29. The number of ether oxygens (including phenoxy) is 1. The topological polar surface area (TPSA) is 61.8 Å². The summed E-state index contributed by atoms with van der Waals surface area (Å²) >= 11 is 0. The summed E-state index contributed by atoms with van der Waals surface area (Å²) in [6, 6.07) is 0.336. The molecule has 1 aliphatic carbocycles. The van der Waals surface area contributed by atoms with Crippen molar-refractivity contribution in [3.63, 3.8) is 0 Å². The molecule has 5 heteroatoms. The number of aliphatic hydroxyl groups is 1. The Hall–Kier alpha value is -0.810. The third-order valence-corrected chi connectivity index (χ3v) is 2.88. The molecule has 16 heavy (non-hydrogen) atoms. The zero-order valence-electron chi connectivity index (χ0n) is 9.90. The van der Waals surface area contributed by atoms with E-state index >= 15 is 0 Å². The minimum Gasteiger partial charge on any atom is -0.394 e. The summed E-state index contributed by atoms with van der Waals surface area (Å²) in [5.41, 5.74) is -0.382. The van der Waals surface area contributed by atoms with Gasteiger partial charge in [0.25, 0.3) is 0 Å². The van der Waals surface area contributed by atoms with Crippen LogP contribution in [0.4, 0.5) is 4.79 Å². The van der Waals surface area contributed by atoms with Gasteiger partial charge in [0.05, 0.1) is 31.4 Å². The van der Waals surface area contributed by atoms with Gasteiger partial charge in [-0.05, 0) is 26.7 Å². The van der Waals surface area contributed by atoms with E-state index in [4.69, 9.17) is 9.84 Å². The average molecular weight is 228 g/mol. The van der Waals surface area contributed by atoms with Gasteiger partial charge in [-0.3, -0.25) is 0 Å². The van der Waals surface area contributed by atoms with Crippen LogP contribution in [0.3, 0.4) is 0 Å². The van der Waals surface area contributed by atoms with Crippen molar-refractivity contribution < 1.29 is 14.6 Å². The summed E-state index contributed by atoms with van der Waals surface area (Å²) in [6.45, 7) is 4.87. The fourth-order valence-electron chi connectivity index (χ4n) is 2.04. The standard InChI is InChI=1S/C11H20N2O3/c1-11(2)7-13(5-9(6-14)16-11)10(15)12-8-3-4-8/h8-9,14H,3-7H2,1-2H3,(H,12,15). The lowest BCUT2D eigenvalue weighted by molar-refractivity contribution is -0.138. The summed E-state index contributed by atoms with van der Waals surface area (Å²) in [4.78, 5) is 13.6. The maximum absolute atomic E-state index is 11.9. The number of hydrogen-bond donors (Lipinski definition) is 2. The van der Waals surface area contributed by atoms with Crippen molar-refractivity contribution in [2.45, 2.75) is 44.4 Å². The van der Waals surface area contributed by atoms with Gasteiger partial charge in [0.1, 0.15) is 0 Å². The number of urea groups is 1. The number of morpholine rings is 1. The molecule has 0 spiro atoms. The van der Waals surface area contributed by atoms with E-state index in [2.05, 4.69) is 5.32 Å². The van der Waals surface area contributed by atoms with Crippen LogP contribution in [0.2, 0.25) is 0 Å². The third kappa shape index (κ3) is 2.86. The Labute approximate surface area is 95.8 Å². The SMILES string of the molecule is CC1(C)CN(C(=O)NC2CC2)CC(CO)O1. The number of carbonyl (C=O) groups excluding carboxylic acids is 1. The second-order valence-corrected chi connectivity index (χ2v) is 5.29. The van der Waals surface area contributed by atoms with Gasteiger partial charge < -0.3 is 20.1 Å². The van der Waals surface area contributed by atoms with Gasteiger partial charge in [0, 0.05) is 6.04 Å². The Morgan fingerprint density at radius 1 is 1.56 bits per heavy atom. The number of nitrogens with zero attached hydrogens (tertiary/aromatic N) is 1. The lowest BCUT2D eigenvalue weighted by Crippen LogP contribution is -2.57. The minimum atomic E-state index is -0.382. The highest BCUT2D eigenvalue weighted by atomic mass is 16.5. The van der Waals surface area contributed by atoms with Crippen molar-refractivity contribution in [1.29, 1.82) is 0 Å². The summed E-state index contributed by atoms with van der Waals surface area (Å²) in [6.07, 6.45) is 1.90. The van der Waals surface area contributed by atoms with Gasteiger partial charge in [-0.2, -0.15) is 0 Å². The van der Waals surface area contributed by atoms with E-state index < -0.39 is 0 Å². The highest BCUT2D eigenvalue weighted by Crippen LogP contribution is 2.23. The van der Waals surface area contributed by atoms with Gasteiger partial charge in [0.15, 0.2) is 0 Å². The van der Waals surface area contributed by atoms with Crippen molar-refractivity contribution in [1.82, 2.24) is 10.2 Å². The fraction of sp³-hybridized carbons (Fsp3) is 0.909. The number of rotatable bonds is 2. The summed E-state index contributed by atoms with van der Waals surface area (Å²) in [5, 5.41) is 12.1. The first-order valence-electron chi connectivity index (χ1n) is 5.84. The smallest absolute Gasteiger partial charge is 0.317 e. The molecule has 0 aromatic heterocycles. The molecule has 1 saturated carbocycles. The summed E-state index contributed by atoms with van der Waals surface area (Å²) in [5.74, 6) is 0. The van der Waals surface area contributed by atoms with Crippen LogP contribution in [0.1, 0.15) is 26.7 Å². The molecule has 2 amide bonds. The zero-order valence-corrected chi connectivity index (χ0v) is 9.90. The van der Waals surface area contributed by atoms with E-state index in [1.807, 2.05) is 13.8 Å². The maximum Gasteiger partial charge on any atom is 0.317 e. The van der Waals surface area contributed by atoms with Gasteiger partial charge in [-0.25, -0.2) is 4.79 Å². The minimum absolute atomic E-state index is 0.0303. The summed E-state index contributed by atoms with van der Waals surface area (Å²) < 4.78 is 5.65. The Bertz CT molecular complexity index is 276. The Morgan fingerprint density at radius 3 is 2.81 bits per heavy atom. The van der Waals surface area contributed by atoms with Crippen LogP contribution in [0.5, 0.6) is 0 Å². The lowest BCUT2D eigenvalue weighted by Gasteiger charge is -2.42. The monoisotopic (exact) mass is 228 g/mol. The van der Waals surface area contributed by atoms with E-state index in [1.54, 1.807) is 4.90 Å². The Kier molecular flexibility index (Phi) is 3.08. The van der Waals surface area contributed by atoms with E-state index in [9.17, 15) is 4.79 Å². The van der Waals surface area contributed by atoms with Crippen LogP contribution in [-0.4, -0.2) is 53.5 Å². The number of amides is 2.